The van der Waals surface area contributed by atoms with E-state index in [1.54, 1.807) is 42.9 Å². The first-order valence-corrected chi connectivity index (χ1v) is 12.8. The Balaban J connectivity index is 1.42. The molecule has 1 aliphatic rings. The van der Waals surface area contributed by atoms with E-state index in [-0.39, 0.29) is 23.0 Å². The fourth-order valence-corrected chi connectivity index (χ4v) is 5.64. The van der Waals surface area contributed by atoms with Crippen molar-refractivity contribution in [2.24, 2.45) is 0 Å². The Morgan fingerprint density at radius 3 is 2.70 bits per heavy atom. The van der Waals surface area contributed by atoms with Gasteiger partial charge in [-0.2, -0.15) is 10.2 Å². The lowest BCUT2D eigenvalue weighted by Crippen LogP contribution is -2.43. The van der Waals surface area contributed by atoms with Crippen LogP contribution in [0.5, 0.6) is 0 Å². The number of rotatable bonds is 5. The van der Waals surface area contributed by atoms with Crippen molar-refractivity contribution in [1.29, 1.82) is 0 Å². The van der Waals surface area contributed by atoms with Crippen LogP contribution < -0.4 is 5.32 Å². The molecule has 0 bridgehead atoms. The molecule has 3 unspecified atom stereocenters. The van der Waals surface area contributed by atoms with Gasteiger partial charge < -0.3 is 15.0 Å². The summed E-state index contributed by atoms with van der Waals surface area (Å²) in [7, 11) is 0. The molecule has 1 fully saturated rings. The molecule has 4 heterocycles. The minimum absolute atomic E-state index is 0.254. The molecule has 2 N–H and O–H groups in total. The number of fused-ring (bicyclic) bond motifs is 1. The van der Waals surface area contributed by atoms with Crippen molar-refractivity contribution in [2.75, 3.05) is 0 Å². The number of halogens is 2. The minimum Gasteiger partial charge on any atom is -0.393 e. The number of hydrogen-bond acceptors (Lipinski definition) is 8. The Morgan fingerprint density at radius 2 is 1.95 bits per heavy atom. The van der Waals surface area contributed by atoms with E-state index < -0.39 is 11.9 Å². The predicted molar refractivity (Wildman–Crippen MR) is 135 cm³/mol. The summed E-state index contributed by atoms with van der Waals surface area (Å²) in [6, 6.07) is 7.57. The van der Waals surface area contributed by atoms with Crippen molar-refractivity contribution >= 4 is 39.9 Å². The SMILES string of the molecule is O=C(NC1CC(O)CC(n2c(-c3ccccc3F)nc3cnc(-n4nccn4)cc32)C1)c1ncc(Cl)s1. The highest BCUT2D eigenvalue weighted by molar-refractivity contribution is 7.17. The van der Waals surface area contributed by atoms with Crippen LogP contribution in [0.2, 0.25) is 4.34 Å². The summed E-state index contributed by atoms with van der Waals surface area (Å²) in [5, 5.41) is 22.3. The van der Waals surface area contributed by atoms with Crippen LogP contribution >= 0.6 is 22.9 Å². The van der Waals surface area contributed by atoms with Gasteiger partial charge in [0.25, 0.3) is 5.91 Å². The van der Waals surface area contributed by atoms with Crippen molar-refractivity contribution < 1.29 is 14.3 Å². The Kier molecular flexibility index (Phi) is 6.14. The highest BCUT2D eigenvalue weighted by Gasteiger charge is 2.33. The van der Waals surface area contributed by atoms with Gasteiger partial charge in [-0.25, -0.2) is 19.3 Å². The van der Waals surface area contributed by atoms with E-state index in [9.17, 15) is 14.3 Å². The predicted octanol–water partition coefficient (Wildman–Crippen LogP) is 3.81. The van der Waals surface area contributed by atoms with Crippen LogP contribution in [-0.4, -0.2) is 57.7 Å². The normalized spacial score (nSPS) is 19.8. The molecule has 4 aromatic heterocycles. The van der Waals surface area contributed by atoms with E-state index >= 15 is 0 Å². The Hall–Kier alpha value is -3.74. The summed E-state index contributed by atoms with van der Waals surface area (Å²) in [4.78, 5) is 27.3. The number of aliphatic hydroxyl groups is 1. The molecule has 1 aromatic carbocycles. The third-order valence-electron chi connectivity index (χ3n) is 6.33. The molecule has 13 heteroatoms. The number of carbonyl (C=O) groups is 1. The highest BCUT2D eigenvalue weighted by Crippen LogP contribution is 2.37. The van der Waals surface area contributed by atoms with Crippen molar-refractivity contribution in [1.82, 2.24) is 39.8 Å². The zero-order valence-corrected chi connectivity index (χ0v) is 20.8. The quantitative estimate of drug-likeness (QED) is 0.348. The third-order valence-corrected chi connectivity index (χ3v) is 7.44. The summed E-state index contributed by atoms with van der Waals surface area (Å²) in [5.41, 5.74) is 1.58. The molecule has 1 aliphatic carbocycles. The zero-order valence-electron chi connectivity index (χ0n) is 19.2. The van der Waals surface area contributed by atoms with E-state index in [0.29, 0.717) is 51.8 Å². The zero-order chi connectivity index (χ0) is 25.5. The Morgan fingerprint density at radius 1 is 1.14 bits per heavy atom. The summed E-state index contributed by atoms with van der Waals surface area (Å²) in [6.45, 7) is 0. The summed E-state index contributed by atoms with van der Waals surface area (Å²) in [5.74, 6) is 0.121. The molecular weight excluding hydrogens is 519 g/mol. The molecule has 188 valence electrons. The number of imidazole rings is 1. The van der Waals surface area contributed by atoms with Crippen LogP contribution in [0.4, 0.5) is 4.39 Å². The Bertz CT molecular complexity index is 1590. The first-order valence-electron chi connectivity index (χ1n) is 11.6. The largest absolute Gasteiger partial charge is 0.393 e. The molecule has 3 atom stereocenters. The third kappa shape index (κ3) is 4.59. The van der Waals surface area contributed by atoms with Gasteiger partial charge in [0.1, 0.15) is 21.5 Å². The van der Waals surface area contributed by atoms with Gasteiger partial charge >= 0.3 is 0 Å². The number of nitrogens with zero attached hydrogens (tertiary/aromatic N) is 7. The lowest BCUT2D eigenvalue weighted by Gasteiger charge is -2.34. The van der Waals surface area contributed by atoms with Gasteiger partial charge in [-0.05, 0) is 31.4 Å². The molecule has 1 saturated carbocycles. The van der Waals surface area contributed by atoms with E-state index in [4.69, 9.17) is 16.6 Å². The average molecular weight is 539 g/mol. The molecule has 0 spiro atoms. The molecule has 0 aliphatic heterocycles. The maximum absolute atomic E-state index is 15.0. The van der Waals surface area contributed by atoms with Crippen LogP contribution in [0.15, 0.2) is 55.1 Å². The number of carbonyl (C=O) groups excluding carboxylic acids is 1. The van der Waals surface area contributed by atoms with Crippen LogP contribution in [0.1, 0.15) is 35.1 Å². The lowest BCUT2D eigenvalue weighted by molar-refractivity contribution is 0.0747. The van der Waals surface area contributed by atoms with Crippen LogP contribution in [0.25, 0.3) is 28.2 Å². The number of nitrogens with one attached hydrogen (secondary N) is 1. The van der Waals surface area contributed by atoms with E-state index in [0.717, 1.165) is 11.3 Å². The van der Waals surface area contributed by atoms with Crippen LogP contribution in [-0.2, 0) is 0 Å². The second kappa shape index (κ2) is 9.61. The summed E-state index contributed by atoms with van der Waals surface area (Å²) < 4.78 is 17.3. The molecule has 6 rings (SSSR count). The number of amides is 1. The van der Waals surface area contributed by atoms with Crippen LogP contribution in [0.3, 0.4) is 0 Å². The van der Waals surface area contributed by atoms with Gasteiger partial charge in [0.15, 0.2) is 10.8 Å². The number of benzene rings is 1. The van der Waals surface area contributed by atoms with Crippen molar-refractivity contribution in [3.05, 3.63) is 70.3 Å². The second-order valence-corrected chi connectivity index (χ2v) is 10.5. The van der Waals surface area contributed by atoms with Gasteiger partial charge in [0.05, 0.1) is 42.0 Å². The van der Waals surface area contributed by atoms with Crippen molar-refractivity contribution in [3.8, 4) is 17.2 Å². The van der Waals surface area contributed by atoms with Crippen LogP contribution in [0, 0.1) is 5.82 Å². The molecule has 1 amide bonds. The topological polar surface area (TPSA) is 124 Å². The maximum Gasteiger partial charge on any atom is 0.280 e. The summed E-state index contributed by atoms with van der Waals surface area (Å²) in [6.07, 6.45) is 6.71. The smallest absolute Gasteiger partial charge is 0.280 e. The fraction of sp³-hybridized carbons (Fsp3) is 0.250. The Labute approximate surface area is 218 Å². The fourth-order valence-electron chi connectivity index (χ4n) is 4.83. The minimum atomic E-state index is -0.691. The number of hydrogen-bond donors (Lipinski definition) is 2. The number of thiazole rings is 1. The monoisotopic (exact) mass is 538 g/mol. The first kappa shape index (κ1) is 23.6. The van der Waals surface area contributed by atoms with E-state index in [2.05, 4.69) is 25.5 Å². The van der Waals surface area contributed by atoms with Crippen molar-refractivity contribution in [2.45, 2.75) is 37.5 Å². The highest BCUT2D eigenvalue weighted by atomic mass is 35.5. The number of aromatic nitrogens is 7. The first-order chi connectivity index (χ1) is 18.0. The lowest BCUT2D eigenvalue weighted by atomic mass is 9.88. The molecule has 37 heavy (non-hydrogen) atoms. The molecule has 0 saturated heterocycles. The van der Waals surface area contributed by atoms with Crippen molar-refractivity contribution in [3.63, 3.8) is 0 Å². The molecule has 10 nitrogen and oxygen atoms in total. The van der Waals surface area contributed by atoms with Gasteiger partial charge in [-0.3, -0.25) is 4.79 Å². The van der Waals surface area contributed by atoms with Gasteiger partial charge in [0, 0.05) is 18.2 Å². The van der Waals surface area contributed by atoms with Gasteiger partial charge in [0.2, 0.25) is 0 Å². The molecule has 0 radical (unpaired) electrons. The molecular formula is C24H20ClFN8O2S. The average Bonchev–Trinajstić information content (AvgIpc) is 3.63. The van der Waals surface area contributed by atoms with E-state index in [1.165, 1.54) is 17.1 Å². The summed E-state index contributed by atoms with van der Waals surface area (Å²) >= 11 is 7.02. The van der Waals surface area contributed by atoms with Gasteiger partial charge in [-0.15, -0.1) is 4.80 Å². The van der Waals surface area contributed by atoms with E-state index in [1.807, 2.05) is 4.57 Å². The molecule has 5 aromatic rings. The number of pyridine rings is 1. The van der Waals surface area contributed by atoms with Gasteiger partial charge in [-0.1, -0.05) is 35.1 Å². The maximum atomic E-state index is 15.0. The number of aliphatic hydroxyl groups excluding tert-OH is 1. The second-order valence-electron chi connectivity index (χ2n) is 8.79. The standard InChI is InChI=1S/C24H20ClFN8O2S/c25-20-12-28-24(37-20)23(36)31-13-7-14(9-15(35)8-13)33-19-10-21(34-29-5-6-30-34)27-11-18(19)32-22(33)16-3-1-2-4-17(16)26/h1-6,10-15,35H,7-9H2,(H,31,36).